The Morgan fingerprint density at radius 1 is 0.897 bits per heavy atom. The van der Waals surface area contributed by atoms with Gasteiger partial charge in [0.05, 0.1) is 23.3 Å². The Labute approximate surface area is 166 Å². The normalized spacial score (nSPS) is 10.5. The van der Waals surface area contributed by atoms with Crippen LogP contribution in [-0.4, -0.2) is 28.3 Å². The Kier molecular flexibility index (Phi) is 5.20. The average molecular weight is 386 g/mol. The molecule has 7 nitrogen and oxygen atoms in total. The lowest BCUT2D eigenvalue weighted by atomic mass is 10.3. The van der Waals surface area contributed by atoms with Crippen molar-refractivity contribution in [2.45, 2.75) is 0 Å². The number of H-pyrrole nitrogens is 1. The maximum atomic E-state index is 12.3. The van der Waals surface area contributed by atoms with Crippen LogP contribution in [0.4, 0.5) is 5.69 Å². The largest absolute Gasteiger partial charge is 0.455 e. The quantitative estimate of drug-likeness (QED) is 0.470. The van der Waals surface area contributed by atoms with Crippen LogP contribution in [0.2, 0.25) is 0 Å². The monoisotopic (exact) mass is 386 g/mol. The van der Waals surface area contributed by atoms with Crippen molar-refractivity contribution in [3.63, 3.8) is 0 Å². The highest BCUT2D eigenvalue weighted by atomic mass is 16.5. The molecule has 0 saturated heterocycles. The van der Waals surface area contributed by atoms with E-state index in [0.29, 0.717) is 22.7 Å². The molecule has 0 spiro atoms. The Balaban J connectivity index is 1.38. The predicted molar refractivity (Wildman–Crippen MR) is 110 cm³/mol. The molecule has 2 amide bonds. The minimum atomic E-state index is -0.454. The SMILES string of the molecule is O=C(CNC(=O)c1nc2ccccc2[nH]1)Nc1ccccc1Oc1ccccc1. The van der Waals surface area contributed by atoms with Gasteiger partial charge in [-0.2, -0.15) is 0 Å². The van der Waals surface area contributed by atoms with Crippen LogP contribution < -0.4 is 15.4 Å². The van der Waals surface area contributed by atoms with Crippen molar-refractivity contribution in [2.75, 3.05) is 11.9 Å². The number of carbonyl (C=O) groups is 2. The lowest BCUT2D eigenvalue weighted by molar-refractivity contribution is -0.115. The molecule has 0 atom stereocenters. The number of aromatic amines is 1. The second-order valence-electron chi connectivity index (χ2n) is 6.24. The molecule has 1 heterocycles. The minimum Gasteiger partial charge on any atom is -0.455 e. The van der Waals surface area contributed by atoms with Gasteiger partial charge in [0.15, 0.2) is 11.6 Å². The van der Waals surface area contributed by atoms with Gasteiger partial charge in [-0.1, -0.05) is 42.5 Å². The second kappa shape index (κ2) is 8.26. The zero-order chi connectivity index (χ0) is 20.1. The highest BCUT2D eigenvalue weighted by molar-refractivity contribution is 5.99. The molecule has 0 unspecified atom stereocenters. The molecule has 0 aliphatic rings. The number of aromatic nitrogens is 2. The minimum absolute atomic E-state index is 0.159. The van der Waals surface area contributed by atoms with Crippen molar-refractivity contribution in [3.8, 4) is 11.5 Å². The lowest BCUT2D eigenvalue weighted by Crippen LogP contribution is -2.33. The number of amides is 2. The van der Waals surface area contributed by atoms with Crippen molar-refractivity contribution in [1.82, 2.24) is 15.3 Å². The molecule has 0 bridgehead atoms. The van der Waals surface area contributed by atoms with Crippen LogP contribution in [0.15, 0.2) is 78.9 Å². The Morgan fingerprint density at radius 3 is 2.45 bits per heavy atom. The summed E-state index contributed by atoms with van der Waals surface area (Å²) in [5, 5.41) is 5.32. The van der Waals surface area contributed by atoms with Gasteiger partial charge in [0, 0.05) is 0 Å². The van der Waals surface area contributed by atoms with E-state index in [1.807, 2.05) is 54.6 Å². The fourth-order valence-electron chi connectivity index (χ4n) is 2.77. The van der Waals surface area contributed by atoms with E-state index in [9.17, 15) is 9.59 Å². The second-order valence-corrected chi connectivity index (χ2v) is 6.24. The number of imidazole rings is 1. The number of hydrogen-bond acceptors (Lipinski definition) is 4. The molecule has 144 valence electrons. The third kappa shape index (κ3) is 4.41. The third-order valence-corrected chi connectivity index (χ3v) is 4.15. The van der Waals surface area contributed by atoms with Crippen LogP contribution in [-0.2, 0) is 4.79 Å². The highest BCUT2D eigenvalue weighted by Gasteiger charge is 2.14. The molecule has 4 rings (SSSR count). The number of nitrogens with one attached hydrogen (secondary N) is 3. The van der Waals surface area contributed by atoms with E-state index in [4.69, 9.17) is 4.74 Å². The average Bonchev–Trinajstić information content (AvgIpc) is 3.19. The summed E-state index contributed by atoms with van der Waals surface area (Å²) >= 11 is 0. The summed E-state index contributed by atoms with van der Waals surface area (Å²) in [5.41, 5.74) is 1.96. The number of carbonyl (C=O) groups excluding carboxylic acids is 2. The fourth-order valence-corrected chi connectivity index (χ4v) is 2.77. The number of hydrogen-bond donors (Lipinski definition) is 3. The standard InChI is InChI=1S/C22H18N4O3/c27-20(14-23-22(28)21-25-16-10-4-5-11-17(16)26-21)24-18-12-6-7-13-19(18)29-15-8-2-1-3-9-15/h1-13H,14H2,(H,23,28)(H,24,27)(H,25,26). The van der Waals surface area contributed by atoms with Gasteiger partial charge in [-0.25, -0.2) is 4.98 Å². The zero-order valence-corrected chi connectivity index (χ0v) is 15.4. The molecule has 0 saturated carbocycles. The molecule has 4 aromatic rings. The first kappa shape index (κ1) is 18.2. The van der Waals surface area contributed by atoms with Crippen LogP contribution in [0.5, 0.6) is 11.5 Å². The van der Waals surface area contributed by atoms with Crippen LogP contribution in [0.1, 0.15) is 10.6 Å². The number of anilines is 1. The van der Waals surface area contributed by atoms with Gasteiger partial charge < -0.3 is 20.4 Å². The van der Waals surface area contributed by atoms with E-state index >= 15 is 0 Å². The van der Waals surface area contributed by atoms with Crippen molar-refractivity contribution < 1.29 is 14.3 Å². The number of benzene rings is 3. The van der Waals surface area contributed by atoms with Gasteiger partial charge in [0.1, 0.15) is 5.75 Å². The molecular formula is C22H18N4O3. The van der Waals surface area contributed by atoms with Crippen LogP contribution >= 0.6 is 0 Å². The number of fused-ring (bicyclic) bond motifs is 1. The fraction of sp³-hybridized carbons (Fsp3) is 0.0455. The smallest absolute Gasteiger partial charge is 0.287 e. The van der Waals surface area contributed by atoms with Gasteiger partial charge in [0.25, 0.3) is 5.91 Å². The van der Waals surface area contributed by atoms with Crippen molar-refractivity contribution in [1.29, 1.82) is 0 Å². The number of ether oxygens (including phenoxy) is 1. The summed E-state index contributed by atoms with van der Waals surface area (Å²) in [5.74, 6) is 0.499. The summed E-state index contributed by atoms with van der Waals surface area (Å²) in [4.78, 5) is 31.7. The first-order valence-electron chi connectivity index (χ1n) is 9.04. The zero-order valence-electron chi connectivity index (χ0n) is 15.4. The molecule has 0 aliphatic carbocycles. The highest BCUT2D eigenvalue weighted by Crippen LogP contribution is 2.28. The Morgan fingerprint density at radius 2 is 1.62 bits per heavy atom. The topological polar surface area (TPSA) is 96.1 Å². The van der Waals surface area contributed by atoms with Crippen LogP contribution in [0.3, 0.4) is 0 Å². The van der Waals surface area contributed by atoms with Gasteiger partial charge >= 0.3 is 0 Å². The van der Waals surface area contributed by atoms with Crippen molar-refractivity contribution in [2.24, 2.45) is 0 Å². The molecule has 0 aliphatic heterocycles. The molecule has 0 fully saturated rings. The molecule has 1 aromatic heterocycles. The third-order valence-electron chi connectivity index (χ3n) is 4.15. The van der Waals surface area contributed by atoms with Gasteiger partial charge in [0.2, 0.25) is 5.91 Å². The van der Waals surface area contributed by atoms with Crippen LogP contribution in [0.25, 0.3) is 11.0 Å². The maximum Gasteiger partial charge on any atom is 0.287 e. The predicted octanol–water partition coefficient (Wildman–Crippen LogP) is 3.72. The molecule has 7 heteroatoms. The van der Waals surface area contributed by atoms with E-state index in [-0.39, 0.29) is 18.3 Å². The first-order chi connectivity index (χ1) is 14.2. The number of para-hydroxylation sites is 5. The summed E-state index contributed by atoms with van der Waals surface area (Å²) in [6.45, 7) is -0.199. The van der Waals surface area contributed by atoms with Gasteiger partial charge in [-0.15, -0.1) is 0 Å². The summed E-state index contributed by atoms with van der Waals surface area (Å²) < 4.78 is 5.82. The molecule has 3 aromatic carbocycles. The summed E-state index contributed by atoms with van der Waals surface area (Å²) in [6, 6.07) is 23.7. The maximum absolute atomic E-state index is 12.3. The first-order valence-corrected chi connectivity index (χ1v) is 9.04. The van der Waals surface area contributed by atoms with Crippen LogP contribution in [0, 0.1) is 0 Å². The van der Waals surface area contributed by atoms with E-state index in [0.717, 1.165) is 5.52 Å². The van der Waals surface area contributed by atoms with Crippen molar-refractivity contribution in [3.05, 3.63) is 84.7 Å². The molecule has 29 heavy (non-hydrogen) atoms. The molecule has 0 radical (unpaired) electrons. The van der Waals surface area contributed by atoms with E-state index in [1.54, 1.807) is 24.3 Å². The molecule has 3 N–H and O–H groups in total. The summed E-state index contributed by atoms with van der Waals surface area (Å²) in [7, 11) is 0. The summed E-state index contributed by atoms with van der Waals surface area (Å²) in [6.07, 6.45) is 0. The lowest BCUT2D eigenvalue weighted by Gasteiger charge is -2.12. The Hall–Kier alpha value is -4.13. The van der Waals surface area contributed by atoms with E-state index in [1.165, 1.54) is 0 Å². The van der Waals surface area contributed by atoms with Gasteiger partial charge in [-0.05, 0) is 36.4 Å². The van der Waals surface area contributed by atoms with E-state index in [2.05, 4.69) is 20.6 Å². The van der Waals surface area contributed by atoms with Gasteiger partial charge in [-0.3, -0.25) is 9.59 Å². The Bertz CT molecular complexity index is 1120. The van der Waals surface area contributed by atoms with E-state index < -0.39 is 5.91 Å². The number of nitrogens with zero attached hydrogens (tertiary/aromatic N) is 1. The molecular weight excluding hydrogens is 368 g/mol. The van der Waals surface area contributed by atoms with Crippen molar-refractivity contribution >= 4 is 28.5 Å². The number of rotatable bonds is 6.